The summed E-state index contributed by atoms with van der Waals surface area (Å²) >= 11 is 3.43. The summed E-state index contributed by atoms with van der Waals surface area (Å²) in [5, 5.41) is 3.48. The van der Waals surface area contributed by atoms with Crippen LogP contribution in [0.1, 0.15) is 24.1 Å². The highest BCUT2D eigenvalue weighted by Gasteiger charge is 2.05. The van der Waals surface area contributed by atoms with E-state index in [9.17, 15) is 0 Å². The van der Waals surface area contributed by atoms with Crippen LogP contribution in [0.3, 0.4) is 0 Å². The largest absolute Gasteiger partial charge is 0.497 e. The van der Waals surface area contributed by atoms with Crippen molar-refractivity contribution in [1.82, 2.24) is 10.3 Å². The minimum atomic E-state index is 0.282. The molecular formula is C15H17BrN2O. The normalized spacial score (nSPS) is 12.2. The third-order valence-corrected chi connectivity index (χ3v) is 3.42. The molecule has 100 valence electrons. The van der Waals surface area contributed by atoms with Gasteiger partial charge in [-0.25, -0.2) is 0 Å². The van der Waals surface area contributed by atoms with Crippen molar-refractivity contribution in [3.8, 4) is 5.75 Å². The minimum Gasteiger partial charge on any atom is -0.497 e. The van der Waals surface area contributed by atoms with Gasteiger partial charge < -0.3 is 10.1 Å². The monoisotopic (exact) mass is 320 g/mol. The Hall–Kier alpha value is -1.39. The van der Waals surface area contributed by atoms with Crippen molar-refractivity contribution in [3.63, 3.8) is 0 Å². The maximum Gasteiger partial charge on any atom is 0.118 e. The van der Waals surface area contributed by atoms with E-state index >= 15 is 0 Å². The second-order valence-electron chi connectivity index (χ2n) is 4.39. The SMILES string of the molecule is COc1ccc(C(C)NCc2cncc(Br)c2)cc1. The fourth-order valence-corrected chi connectivity index (χ4v) is 2.25. The van der Waals surface area contributed by atoms with Gasteiger partial charge in [-0.2, -0.15) is 0 Å². The van der Waals surface area contributed by atoms with Crippen LogP contribution in [0.2, 0.25) is 0 Å². The van der Waals surface area contributed by atoms with Gasteiger partial charge >= 0.3 is 0 Å². The van der Waals surface area contributed by atoms with E-state index in [2.05, 4.69) is 51.4 Å². The van der Waals surface area contributed by atoms with Crippen LogP contribution in [-0.4, -0.2) is 12.1 Å². The summed E-state index contributed by atoms with van der Waals surface area (Å²) in [4.78, 5) is 4.15. The summed E-state index contributed by atoms with van der Waals surface area (Å²) < 4.78 is 6.16. The highest BCUT2D eigenvalue weighted by molar-refractivity contribution is 9.10. The Balaban J connectivity index is 1.95. The zero-order valence-electron chi connectivity index (χ0n) is 11.1. The van der Waals surface area contributed by atoms with Crippen LogP contribution >= 0.6 is 15.9 Å². The number of pyridine rings is 1. The molecule has 0 aliphatic carbocycles. The standard InChI is InChI=1S/C15H17BrN2O/c1-11(13-3-5-15(19-2)6-4-13)18-9-12-7-14(16)10-17-8-12/h3-8,10-11,18H,9H2,1-2H3. The maximum absolute atomic E-state index is 5.16. The van der Waals surface area contributed by atoms with Crippen LogP contribution in [0, 0.1) is 0 Å². The Bertz CT molecular complexity index is 528. The molecule has 1 unspecified atom stereocenters. The van der Waals surface area contributed by atoms with Gasteiger partial charge in [0.1, 0.15) is 5.75 Å². The summed E-state index contributed by atoms with van der Waals surface area (Å²) in [6.45, 7) is 2.94. The minimum absolute atomic E-state index is 0.282. The molecule has 1 aromatic heterocycles. The van der Waals surface area contributed by atoms with E-state index in [4.69, 9.17) is 4.74 Å². The Morgan fingerprint density at radius 2 is 2.00 bits per heavy atom. The number of nitrogens with one attached hydrogen (secondary N) is 1. The highest BCUT2D eigenvalue weighted by Crippen LogP contribution is 2.18. The van der Waals surface area contributed by atoms with Crippen molar-refractivity contribution >= 4 is 15.9 Å². The molecule has 1 N–H and O–H groups in total. The molecule has 0 amide bonds. The zero-order chi connectivity index (χ0) is 13.7. The lowest BCUT2D eigenvalue weighted by molar-refractivity contribution is 0.414. The fraction of sp³-hybridized carbons (Fsp3) is 0.267. The molecule has 1 atom stereocenters. The Morgan fingerprint density at radius 1 is 1.26 bits per heavy atom. The fourth-order valence-electron chi connectivity index (χ4n) is 1.83. The lowest BCUT2D eigenvalue weighted by Crippen LogP contribution is -2.18. The Morgan fingerprint density at radius 3 is 2.63 bits per heavy atom. The van der Waals surface area contributed by atoms with Crippen molar-refractivity contribution in [1.29, 1.82) is 0 Å². The quantitative estimate of drug-likeness (QED) is 0.912. The predicted octanol–water partition coefficient (Wildman–Crippen LogP) is 3.70. The summed E-state index contributed by atoms with van der Waals surface area (Å²) in [5.74, 6) is 0.882. The van der Waals surface area contributed by atoms with Gasteiger partial charge in [0, 0.05) is 29.5 Å². The molecule has 0 radical (unpaired) electrons. The van der Waals surface area contributed by atoms with Gasteiger partial charge in [-0.3, -0.25) is 4.98 Å². The number of rotatable bonds is 5. The molecule has 0 saturated carbocycles. The predicted molar refractivity (Wildman–Crippen MR) is 80.2 cm³/mol. The molecule has 19 heavy (non-hydrogen) atoms. The second-order valence-corrected chi connectivity index (χ2v) is 5.30. The highest BCUT2D eigenvalue weighted by atomic mass is 79.9. The first-order valence-corrected chi connectivity index (χ1v) is 6.95. The molecule has 0 bridgehead atoms. The molecule has 4 heteroatoms. The van der Waals surface area contributed by atoms with Gasteiger partial charge in [0.25, 0.3) is 0 Å². The summed E-state index contributed by atoms with van der Waals surface area (Å²) in [6.07, 6.45) is 3.66. The lowest BCUT2D eigenvalue weighted by Gasteiger charge is -2.14. The molecular weight excluding hydrogens is 304 g/mol. The van der Waals surface area contributed by atoms with Crippen LogP contribution in [-0.2, 0) is 6.54 Å². The number of aromatic nitrogens is 1. The molecule has 0 aliphatic rings. The third kappa shape index (κ3) is 4.04. The molecule has 3 nitrogen and oxygen atoms in total. The molecule has 0 aliphatic heterocycles. The van der Waals surface area contributed by atoms with E-state index in [0.29, 0.717) is 0 Å². The van der Waals surface area contributed by atoms with Gasteiger partial charge in [0.15, 0.2) is 0 Å². The van der Waals surface area contributed by atoms with Crippen molar-refractivity contribution in [2.75, 3.05) is 7.11 Å². The molecule has 0 fully saturated rings. The topological polar surface area (TPSA) is 34.1 Å². The average molecular weight is 321 g/mol. The van der Waals surface area contributed by atoms with E-state index in [1.807, 2.05) is 18.3 Å². The van der Waals surface area contributed by atoms with Crippen molar-refractivity contribution in [2.24, 2.45) is 0 Å². The molecule has 0 spiro atoms. The van der Waals surface area contributed by atoms with Gasteiger partial charge in [0.05, 0.1) is 7.11 Å². The van der Waals surface area contributed by atoms with Gasteiger partial charge in [-0.05, 0) is 52.2 Å². The van der Waals surface area contributed by atoms with E-state index in [-0.39, 0.29) is 6.04 Å². The molecule has 2 aromatic rings. The van der Waals surface area contributed by atoms with Crippen LogP contribution in [0.15, 0.2) is 47.2 Å². The van der Waals surface area contributed by atoms with E-state index in [0.717, 1.165) is 22.3 Å². The number of nitrogens with zero attached hydrogens (tertiary/aromatic N) is 1. The zero-order valence-corrected chi connectivity index (χ0v) is 12.6. The van der Waals surface area contributed by atoms with Gasteiger partial charge in [0.2, 0.25) is 0 Å². The number of halogens is 1. The van der Waals surface area contributed by atoms with Crippen molar-refractivity contribution < 1.29 is 4.74 Å². The number of ether oxygens (including phenoxy) is 1. The smallest absolute Gasteiger partial charge is 0.118 e. The first-order valence-electron chi connectivity index (χ1n) is 6.16. The summed E-state index contributed by atoms with van der Waals surface area (Å²) in [7, 11) is 1.68. The van der Waals surface area contributed by atoms with Gasteiger partial charge in [-0.1, -0.05) is 12.1 Å². The van der Waals surface area contributed by atoms with Crippen molar-refractivity contribution in [3.05, 3.63) is 58.3 Å². The Labute approximate surface area is 122 Å². The van der Waals surface area contributed by atoms with Gasteiger partial charge in [-0.15, -0.1) is 0 Å². The third-order valence-electron chi connectivity index (χ3n) is 2.99. The average Bonchev–Trinajstić information content (AvgIpc) is 2.45. The number of hydrogen-bond acceptors (Lipinski definition) is 3. The molecule has 2 rings (SSSR count). The molecule has 0 saturated heterocycles. The van der Waals surface area contributed by atoms with E-state index in [1.165, 1.54) is 5.56 Å². The van der Waals surface area contributed by atoms with Crippen LogP contribution in [0.25, 0.3) is 0 Å². The molecule has 1 aromatic carbocycles. The number of hydrogen-bond donors (Lipinski definition) is 1. The Kier molecular flexibility index (Phi) is 4.93. The van der Waals surface area contributed by atoms with Crippen LogP contribution in [0.5, 0.6) is 5.75 Å². The molecule has 1 heterocycles. The van der Waals surface area contributed by atoms with Crippen LogP contribution < -0.4 is 10.1 Å². The first-order chi connectivity index (χ1) is 9.19. The second kappa shape index (κ2) is 6.68. The number of methoxy groups -OCH3 is 1. The summed E-state index contributed by atoms with van der Waals surface area (Å²) in [5.41, 5.74) is 2.40. The lowest BCUT2D eigenvalue weighted by atomic mass is 10.1. The van der Waals surface area contributed by atoms with E-state index < -0.39 is 0 Å². The maximum atomic E-state index is 5.16. The van der Waals surface area contributed by atoms with Crippen molar-refractivity contribution in [2.45, 2.75) is 19.5 Å². The first kappa shape index (κ1) is 14.0. The van der Waals surface area contributed by atoms with E-state index in [1.54, 1.807) is 13.3 Å². The number of benzene rings is 1. The van der Waals surface area contributed by atoms with Crippen LogP contribution in [0.4, 0.5) is 0 Å². The summed E-state index contributed by atoms with van der Waals surface area (Å²) in [6, 6.07) is 10.5.